The first-order valence-electron chi connectivity index (χ1n) is 9.00. The minimum Gasteiger partial charge on any atom is -0.478 e. The van der Waals surface area contributed by atoms with Crippen LogP contribution in [0.2, 0.25) is 0 Å². The first-order chi connectivity index (χ1) is 13.7. The molecule has 2 N–H and O–H groups in total. The van der Waals surface area contributed by atoms with Crippen LogP contribution in [0.1, 0.15) is 26.3 Å². The van der Waals surface area contributed by atoms with Crippen LogP contribution in [-0.2, 0) is 15.0 Å². The van der Waals surface area contributed by atoms with Crippen LogP contribution in [0, 0.1) is 0 Å². The smallest absolute Gasteiger partial charge is 0.328 e. The van der Waals surface area contributed by atoms with Gasteiger partial charge in [-0.2, -0.15) is 0 Å². The molecule has 0 spiro atoms. The number of aliphatic carboxylic acids is 1. The van der Waals surface area contributed by atoms with Gasteiger partial charge < -0.3 is 14.8 Å². The fraction of sp³-hybridized carbons (Fsp3) is 0.182. The quantitative estimate of drug-likeness (QED) is 0.629. The van der Waals surface area contributed by atoms with E-state index in [1.165, 1.54) is 5.56 Å². The molecule has 3 aromatic rings. The van der Waals surface area contributed by atoms with Crippen molar-refractivity contribution in [3.63, 3.8) is 0 Å². The molecular weight excluding hydrogens is 370 g/mol. The van der Waals surface area contributed by atoms with Crippen LogP contribution in [0.15, 0.2) is 65.1 Å². The maximum atomic E-state index is 11.9. The van der Waals surface area contributed by atoms with Crippen molar-refractivity contribution in [3.8, 4) is 22.9 Å². The van der Waals surface area contributed by atoms with Crippen LogP contribution in [-0.4, -0.2) is 27.2 Å². The Morgan fingerprint density at radius 2 is 1.62 bits per heavy atom. The topological polar surface area (TPSA) is 105 Å². The summed E-state index contributed by atoms with van der Waals surface area (Å²) in [5.74, 6) is -1.16. The highest BCUT2D eigenvalue weighted by atomic mass is 16.4. The third-order valence-corrected chi connectivity index (χ3v) is 4.22. The third kappa shape index (κ3) is 4.95. The van der Waals surface area contributed by atoms with E-state index in [1.807, 2.05) is 24.3 Å². The van der Waals surface area contributed by atoms with E-state index in [1.54, 1.807) is 24.3 Å². The Balaban J connectivity index is 1.85. The molecule has 0 unspecified atom stereocenters. The van der Waals surface area contributed by atoms with Crippen LogP contribution < -0.4 is 5.32 Å². The zero-order chi connectivity index (χ0) is 21.0. The first-order valence-corrected chi connectivity index (χ1v) is 9.00. The van der Waals surface area contributed by atoms with Gasteiger partial charge >= 0.3 is 5.97 Å². The number of carboxylic acid groups (broad SMARTS) is 1. The molecule has 0 atom stereocenters. The van der Waals surface area contributed by atoms with Crippen molar-refractivity contribution in [1.82, 2.24) is 10.2 Å². The van der Waals surface area contributed by atoms with E-state index in [2.05, 4.69) is 36.3 Å². The van der Waals surface area contributed by atoms with E-state index in [-0.39, 0.29) is 11.3 Å². The van der Waals surface area contributed by atoms with E-state index >= 15 is 0 Å². The largest absolute Gasteiger partial charge is 0.478 e. The van der Waals surface area contributed by atoms with Crippen LogP contribution >= 0.6 is 0 Å². The monoisotopic (exact) mass is 391 g/mol. The van der Waals surface area contributed by atoms with Crippen LogP contribution in [0.4, 0.5) is 5.69 Å². The van der Waals surface area contributed by atoms with Crippen molar-refractivity contribution >= 4 is 17.6 Å². The lowest BCUT2D eigenvalue weighted by atomic mass is 9.87. The summed E-state index contributed by atoms with van der Waals surface area (Å²) in [5, 5.41) is 19.5. The Kier molecular flexibility index (Phi) is 5.59. The van der Waals surface area contributed by atoms with E-state index < -0.39 is 11.9 Å². The highest BCUT2D eigenvalue weighted by Crippen LogP contribution is 2.30. The molecule has 0 saturated heterocycles. The molecule has 1 heterocycles. The zero-order valence-electron chi connectivity index (χ0n) is 16.3. The first kappa shape index (κ1) is 20.0. The average molecular weight is 391 g/mol. The molecule has 0 saturated carbocycles. The van der Waals surface area contributed by atoms with Gasteiger partial charge in [-0.25, -0.2) is 4.79 Å². The summed E-state index contributed by atoms with van der Waals surface area (Å²) in [4.78, 5) is 22.5. The zero-order valence-corrected chi connectivity index (χ0v) is 16.3. The fourth-order valence-corrected chi connectivity index (χ4v) is 2.66. The molecule has 2 aromatic carbocycles. The number of rotatable bonds is 5. The van der Waals surface area contributed by atoms with Crippen LogP contribution in [0.25, 0.3) is 22.9 Å². The number of nitrogens with zero attached hydrogens (tertiary/aromatic N) is 2. The minimum absolute atomic E-state index is 0.0464. The predicted octanol–water partition coefficient (Wildman–Crippen LogP) is 4.28. The molecule has 1 amide bonds. The second kappa shape index (κ2) is 8.10. The molecule has 3 rings (SSSR count). The number of amides is 1. The van der Waals surface area contributed by atoms with Crippen molar-refractivity contribution in [2.75, 3.05) is 5.32 Å². The normalized spacial score (nSPS) is 11.6. The SMILES string of the molecule is CC(C)(C)c1ccc(-c2nnc(-c3ccccc3NC(=O)/C=C/C(=O)O)o2)cc1. The van der Waals surface area contributed by atoms with Gasteiger partial charge in [0.05, 0.1) is 11.3 Å². The van der Waals surface area contributed by atoms with Crippen molar-refractivity contribution in [1.29, 1.82) is 0 Å². The highest BCUT2D eigenvalue weighted by molar-refractivity contribution is 6.04. The van der Waals surface area contributed by atoms with Gasteiger partial charge in [-0.1, -0.05) is 45.0 Å². The molecule has 0 fully saturated rings. The lowest BCUT2D eigenvalue weighted by molar-refractivity contribution is -0.131. The van der Waals surface area contributed by atoms with E-state index in [4.69, 9.17) is 9.52 Å². The molecule has 148 valence electrons. The standard InChI is InChI=1S/C22H21N3O4/c1-22(2,3)15-10-8-14(9-11-15)20-24-25-21(29-20)16-6-4-5-7-17(16)23-18(26)12-13-19(27)28/h4-13H,1-3H3,(H,23,26)(H,27,28)/b13-12+. The summed E-state index contributed by atoms with van der Waals surface area (Å²) in [7, 11) is 0. The van der Waals surface area contributed by atoms with Gasteiger partial charge in [-0.05, 0) is 35.2 Å². The van der Waals surface area contributed by atoms with Gasteiger partial charge in [0.2, 0.25) is 17.7 Å². The Labute approximate surface area is 168 Å². The predicted molar refractivity (Wildman–Crippen MR) is 109 cm³/mol. The van der Waals surface area contributed by atoms with Crippen molar-refractivity contribution in [2.24, 2.45) is 0 Å². The number of anilines is 1. The van der Waals surface area contributed by atoms with Crippen molar-refractivity contribution in [2.45, 2.75) is 26.2 Å². The van der Waals surface area contributed by atoms with Gasteiger partial charge in [-0.3, -0.25) is 4.79 Å². The number of hydrogen-bond acceptors (Lipinski definition) is 5. The molecular formula is C22H21N3O4. The summed E-state index contributed by atoms with van der Waals surface area (Å²) < 4.78 is 5.82. The molecule has 0 aliphatic carbocycles. The summed E-state index contributed by atoms with van der Waals surface area (Å²) in [6.07, 6.45) is 1.71. The summed E-state index contributed by atoms with van der Waals surface area (Å²) in [5.41, 5.74) is 3.01. The van der Waals surface area contributed by atoms with Gasteiger partial charge in [-0.15, -0.1) is 10.2 Å². The van der Waals surface area contributed by atoms with Gasteiger partial charge in [0, 0.05) is 17.7 Å². The molecule has 0 aliphatic heterocycles. The second-order valence-corrected chi connectivity index (χ2v) is 7.45. The molecule has 1 aromatic heterocycles. The number of aromatic nitrogens is 2. The van der Waals surface area contributed by atoms with Crippen molar-refractivity contribution < 1.29 is 19.1 Å². The lowest BCUT2D eigenvalue weighted by Gasteiger charge is -2.18. The molecule has 7 heteroatoms. The number of hydrogen-bond donors (Lipinski definition) is 2. The number of carbonyl (C=O) groups excluding carboxylic acids is 1. The minimum atomic E-state index is -1.20. The summed E-state index contributed by atoms with van der Waals surface area (Å²) in [6.45, 7) is 6.43. The van der Waals surface area contributed by atoms with E-state index in [0.29, 0.717) is 17.1 Å². The highest BCUT2D eigenvalue weighted by Gasteiger charge is 2.17. The maximum absolute atomic E-state index is 11.9. The summed E-state index contributed by atoms with van der Waals surface area (Å²) in [6, 6.07) is 14.8. The third-order valence-electron chi connectivity index (χ3n) is 4.22. The number of benzene rings is 2. The maximum Gasteiger partial charge on any atom is 0.328 e. The van der Waals surface area contributed by atoms with Gasteiger partial charge in [0.1, 0.15) is 0 Å². The molecule has 29 heavy (non-hydrogen) atoms. The lowest BCUT2D eigenvalue weighted by Crippen LogP contribution is -2.10. The number of para-hydroxylation sites is 1. The Morgan fingerprint density at radius 3 is 2.28 bits per heavy atom. The number of nitrogens with one attached hydrogen (secondary N) is 1. The van der Waals surface area contributed by atoms with Crippen LogP contribution in [0.3, 0.4) is 0 Å². The Morgan fingerprint density at radius 1 is 0.966 bits per heavy atom. The van der Waals surface area contributed by atoms with E-state index in [9.17, 15) is 9.59 Å². The van der Waals surface area contributed by atoms with Gasteiger partial charge in [0.15, 0.2) is 0 Å². The second-order valence-electron chi connectivity index (χ2n) is 7.45. The molecule has 0 bridgehead atoms. The van der Waals surface area contributed by atoms with Crippen LogP contribution in [0.5, 0.6) is 0 Å². The number of carbonyl (C=O) groups is 2. The number of carboxylic acids is 1. The Bertz CT molecular complexity index is 1060. The van der Waals surface area contributed by atoms with Crippen molar-refractivity contribution in [3.05, 3.63) is 66.2 Å². The van der Waals surface area contributed by atoms with Gasteiger partial charge in [0.25, 0.3) is 0 Å². The molecule has 0 aliphatic rings. The average Bonchev–Trinajstić information content (AvgIpc) is 3.16. The molecule has 7 nitrogen and oxygen atoms in total. The summed E-state index contributed by atoms with van der Waals surface area (Å²) >= 11 is 0. The van der Waals surface area contributed by atoms with E-state index in [0.717, 1.165) is 17.7 Å². The molecule has 0 radical (unpaired) electrons. The fourth-order valence-electron chi connectivity index (χ4n) is 2.66. The Hall–Kier alpha value is -3.74.